The number of aromatic hydroxyl groups is 1. The van der Waals surface area contributed by atoms with Crippen LogP contribution < -0.4 is 19.7 Å². The Balaban J connectivity index is 1.64. The number of carbonyl (C=O) groups excluding carboxylic acids is 4. The third kappa shape index (κ3) is 3.32. The molecule has 0 bridgehead atoms. The maximum atomic E-state index is 14.3. The fourth-order valence-corrected chi connectivity index (χ4v) is 7.75. The van der Waals surface area contributed by atoms with Gasteiger partial charge in [-0.05, 0) is 43.0 Å². The lowest BCUT2D eigenvalue weighted by molar-refractivity contribution is -0.127. The molecule has 0 spiro atoms. The lowest BCUT2D eigenvalue weighted by atomic mass is 9.56. The van der Waals surface area contributed by atoms with Gasteiger partial charge in [0.2, 0.25) is 11.8 Å². The van der Waals surface area contributed by atoms with E-state index in [0.29, 0.717) is 5.57 Å². The molecule has 3 fully saturated rings. The number of nitrogens with one attached hydrogen (secondary N) is 1. The number of methoxy groups -OCH3 is 2. The molecule has 1 saturated carbocycles. The van der Waals surface area contributed by atoms with Crippen LogP contribution in [0.25, 0.3) is 0 Å². The summed E-state index contributed by atoms with van der Waals surface area (Å²) in [4.78, 5) is 50.7. The topological polar surface area (TPSA) is 122 Å². The lowest BCUT2D eigenvalue weighted by Crippen LogP contribution is -2.60. The molecular formula is C28H23Cl2FN2O7. The largest absolute Gasteiger partial charge is 0.508 e. The van der Waals surface area contributed by atoms with Gasteiger partial charge < -0.3 is 14.6 Å². The second-order valence-corrected chi connectivity index (χ2v) is 11.6. The summed E-state index contributed by atoms with van der Waals surface area (Å²) in [6, 6.07) is 7.37. The number of halogens is 3. The average Bonchev–Trinajstić information content (AvgIpc) is 3.30. The van der Waals surface area contributed by atoms with Crippen LogP contribution in [0, 0.1) is 23.6 Å². The minimum Gasteiger partial charge on any atom is -0.508 e. The van der Waals surface area contributed by atoms with Crippen molar-refractivity contribution in [3.8, 4) is 17.2 Å². The van der Waals surface area contributed by atoms with Crippen molar-refractivity contribution in [1.29, 1.82) is 0 Å². The van der Waals surface area contributed by atoms with E-state index in [1.807, 2.05) is 0 Å². The number of phenolic OH excluding ortho intramolecular Hbond substituents is 1. The number of imide groups is 2. The monoisotopic (exact) mass is 588 g/mol. The molecule has 6 rings (SSSR count). The zero-order valence-corrected chi connectivity index (χ0v) is 22.8. The summed E-state index contributed by atoms with van der Waals surface area (Å²) in [6.07, 6.45) is 1.74. The standard InChI is InChI=1S/C28H23Cl2FN2O7/c1-39-18-9-14(34)10-19(40-2)21(18)22-15-7-8-16-20(24(36)32-23(16)35)17(15)11-27(29)25(37)33(26(38)28(22,27)30)13-5-3-12(31)4-6-13/h3-7,9-10,16-17,20,22,34H,8,11H2,1-2H3,(H,32,35,36). The Hall–Kier alpha value is -3.63. The van der Waals surface area contributed by atoms with Crippen LogP contribution in [0.5, 0.6) is 17.2 Å². The van der Waals surface area contributed by atoms with Gasteiger partial charge in [0.25, 0.3) is 11.8 Å². The van der Waals surface area contributed by atoms with Crippen molar-refractivity contribution in [2.75, 3.05) is 19.1 Å². The molecule has 2 aromatic rings. The van der Waals surface area contributed by atoms with Crippen molar-refractivity contribution in [3.05, 3.63) is 59.4 Å². The molecular weight excluding hydrogens is 566 g/mol. The predicted octanol–water partition coefficient (Wildman–Crippen LogP) is 3.40. The van der Waals surface area contributed by atoms with Gasteiger partial charge in [0.15, 0.2) is 9.75 Å². The van der Waals surface area contributed by atoms with Crippen LogP contribution >= 0.6 is 23.2 Å². The van der Waals surface area contributed by atoms with Crippen LogP contribution in [-0.4, -0.2) is 52.7 Å². The van der Waals surface area contributed by atoms with Crippen molar-refractivity contribution in [1.82, 2.24) is 5.32 Å². The number of allylic oxidation sites excluding steroid dienone is 2. The minimum atomic E-state index is -2.16. The Kier molecular flexibility index (Phi) is 5.94. The summed E-state index contributed by atoms with van der Waals surface area (Å²) in [5, 5.41) is 12.7. The molecule has 2 aliphatic heterocycles. The molecule has 2 aliphatic carbocycles. The summed E-state index contributed by atoms with van der Waals surface area (Å²) in [7, 11) is 2.71. The first-order chi connectivity index (χ1) is 19.0. The first-order valence-electron chi connectivity index (χ1n) is 12.5. The molecule has 6 atom stereocenters. The van der Waals surface area contributed by atoms with E-state index in [1.165, 1.54) is 38.5 Å². The molecule has 4 aliphatic rings. The SMILES string of the molecule is COc1cc(O)cc(OC)c1C1C2=CCC3C(=O)NC(=O)C3C2CC2(Cl)C(=O)N(c3ccc(F)cc3)C(=O)C12Cl. The molecule has 2 aromatic carbocycles. The van der Waals surface area contributed by atoms with E-state index in [2.05, 4.69) is 5.32 Å². The highest BCUT2D eigenvalue weighted by molar-refractivity contribution is 6.58. The zero-order valence-electron chi connectivity index (χ0n) is 21.2. The smallest absolute Gasteiger partial charge is 0.258 e. The van der Waals surface area contributed by atoms with E-state index < -0.39 is 62.9 Å². The molecule has 12 heteroatoms. The number of hydrogen-bond acceptors (Lipinski definition) is 7. The van der Waals surface area contributed by atoms with Gasteiger partial charge in [0.05, 0.1) is 31.7 Å². The van der Waals surface area contributed by atoms with E-state index >= 15 is 0 Å². The number of fused-ring (bicyclic) bond motifs is 4. The van der Waals surface area contributed by atoms with E-state index in [-0.39, 0.29) is 41.3 Å². The number of amides is 4. The van der Waals surface area contributed by atoms with Crippen molar-refractivity contribution < 1.29 is 38.1 Å². The minimum absolute atomic E-state index is 0.0675. The fraction of sp³-hybridized carbons (Fsp3) is 0.357. The van der Waals surface area contributed by atoms with Gasteiger partial charge in [0, 0.05) is 23.6 Å². The van der Waals surface area contributed by atoms with Crippen LogP contribution in [0.15, 0.2) is 48.0 Å². The number of rotatable bonds is 4. The summed E-state index contributed by atoms with van der Waals surface area (Å²) in [5.41, 5.74) is 0.837. The van der Waals surface area contributed by atoms with Crippen molar-refractivity contribution >= 4 is 52.5 Å². The molecule has 0 radical (unpaired) electrons. The number of benzene rings is 2. The maximum absolute atomic E-state index is 14.3. The van der Waals surface area contributed by atoms with Crippen LogP contribution in [0.4, 0.5) is 10.1 Å². The first kappa shape index (κ1) is 26.6. The molecule has 9 nitrogen and oxygen atoms in total. The molecule has 6 unspecified atom stereocenters. The Bertz CT molecular complexity index is 1500. The average molecular weight is 589 g/mol. The van der Waals surface area contributed by atoms with Gasteiger partial charge in [-0.3, -0.25) is 24.5 Å². The van der Waals surface area contributed by atoms with Crippen LogP contribution in [-0.2, 0) is 19.2 Å². The highest BCUT2D eigenvalue weighted by atomic mass is 35.5. The summed E-state index contributed by atoms with van der Waals surface area (Å²) in [6.45, 7) is 0. The summed E-state index contributed by atoms with van der Waals surface area (Å²) >= 11 is 14.6. The maximum Gasteiger partial charge on any atom is 0.258 e. The number of ether oxygens (including phenoxy) is 2. The number of anilines is 1. The number of nitrogens with zero attached hydrogens (tertiary/aromatic N) is 1. The molecule has 208 valence electrons. The van der Waals surface area contributed by atoms with E-state index in [9.17, 15) is 28.7 Å². The molecule has 2 saturated heterocycles. The van der Waals surface area contributed by atoms with E-state index in [4.69, 9.17) is 32.7 Å². The Morgan fingerprint density at radius 1 is 0.975 bits per heavy atom. The Morgan fingerprint density at radius 3 is 2.20 bits per heavy atom. The van der Waals surface area contributed by atoms with Gasteiger partial charge in [-0.2, -0.15) is 0 Å². The Morgan fingerprint density at radius 2 is 1.60 bits per heavy atom. The molecule has 2 N–H and O–H groups in total. The van der Waals surface area contributed by atoms with Crippen LogP contribution in [0.1, 0.15) is 24.3 Å². The van der Waals surface area contributed by atoms with Gasteiger partial charge in [-0.15, -0.1) is 23.2 Å². The number of phenols is 1. The number of hydrogen-bond donors (Lipinski definition) is 2. The van der Waals surface area contributed by atoms with E-state index in [0.717, 1.165) is 17.0 Å². The van der Waals surface area contributed by atoms with Crippen molar-refractivity contribution in [3.63, 3.8) is 0 Å². The van der Waals surface area contributed by atoms with Crippen molar-refractivity contribution in [2.24, 2.45) is 17.8 Å². The molecule has 4 amide bonds. The highest BCUT2D eigenvalue weighted by Gasteiger charge is 2.77. The highest BCUT2D eigenvalue weighted by Crippen LogP contribution is 2.67. The van der Waals surface area contributed by atoms with Gasteiger partial charge >= 0.3 is 0 Å². The Labute approximate surface area is 237 Å². The predicted molar refractivity (Wildman–Crippen MR) is 141 cm³/mol. The lowest BCUT2D eigenvalue weighted by Gasteiger charge is -2.51. The van der Waals surface area contributed by atoms with E-state index in [1.54, 1.807) is 6.08 Å². The second-order valence-electron chi connectivity index (χ2n) is 10.4. The number of carbonyl (C=O) groups is 4. The first-order valence-corrected chi connectivity index (χ1v) is 13.3. The van der Waals surface area contributed by atoms with Gasteiger partial charge in [-0.1, -0.05) is 11.6 Å². The number of alkyl halides is 2. The van der Waals surface area contributed by atoms with Crippen molar-refractivity contribution in [2.45, 2.75) is 28.5 Å². The fourth-order valence-electron chi connectivity index (χ4n) is 6.84. The van der Waals surface area contributed by atoms with Crippen LogP contribution in [0.2, 0.25) is 0 Å². The normalized spacial score (nSPS) is 32.7. The molecule has 40 heavy (non-hydrogen) atoms. The second kappa shape index (κ2) is 8.94. The van der Waals surface area contributed by atoms with Crippen LogP contribution in [0.3, 0.4) is 0 Å². The quantitative estimate of drug-likeness (QED) is 0.319. The molecule has 0 aromatic heterocycles. The molecule has 2 heterocycles. The van der Waals surface area contributed by atoms with Gasteiger partial charge in [-0.25, -0.2) is 9.29 Å². The third-order valence-corrected chi connectivity index (χ3v) is 9.97. The summed E-state index contributed by atoms with van der Waals surface area (Å²) in [5.74, 6) is -6.59. The van der Waals surface area contributed by atoms with Gasteiger partial charge in [0.1, 0.15) is 23.1 Å². The zero-order chi connectivity index (χ0) is 28.7. The third-order valence-electron chi connectivity index (χ3n) is 8.56. The summed E-state index contributed by atoms with van der Waals surface area (Å²) < 4.78 is 24.9.